The maximum Gasteiger partial charge on any atom is 0.320 e. The molecule has 0 saturated heterocycles. The topological polar surface area (TPSA) is 147 Å². The minimum Gasteiger partial charge on any atom is -0.480 e. The molecule has 6 N–H and O–H groups in total. The van der Waals surface area contributed by atoms with Gasteiger partial charge in [-0.25, -0.2) is 4.21 Å². The maximum atomic E-state index is 11.8. The maximum absolute atomic E-state index is 11.8. The molecule has 1 unspecified atom stereocenters. The second kappa shape index (κ2) is 6.14. The van der Waals surface area contributed by atoms with E-state index in [9.17, 15) is 13.8 Å². The minimum absolute atomic E-state index is 0.00921. The second-order valence-electron chi connectivity index (χ2n) is 4.95. The van der Waals surface area contributed by atoms with Crippen LogP contribution >= 0.6 is 0 Å². The lowest BCUT2D eigenvalue weighted by Crippen LogP contribution is -2.35. The van der Waals surface area contributed by atoms with Crippen LogP contribution in [0.5, 0.6) is 0 Å². The number of carbonyl (C=O) groups excluding carboxylic acids is 1. The third-order valence-corrected chi connectivity index (χ3v) is 4.56. The first-order chi connectivity index (χ1) is 7.98. The third kappa shape index (κ3) is 5.97. The molecule has 0 radical (unpaired) electrons. The van der Waals surface area contributed by atoms with E-state index in [0.29, 0.717) is 0 Å². The molecular formula is C10H21N3O4S. The van der Waals surface area contributed by atoms with Gasteiger partial charge in [0.25, 0.3) is 0 Å². The molecule has 7 nitrogen and oxygen atoms in total. The highest BCUT2D eigenvalue weighted by Crippen LogP contribution is 2.20. The molecule has 2 atom stereocenters. The van der Waals surface area contributed by atoms with Crippen LogP contribution in [0.4, 0.5) is 0 Å². The molecule has 0 heterocycles. The second-order valence-corrected chi connectivity index (χ2v) is 7.39. The molecule has 0 rings (SSSR count). The van der Waals surface area contributed by atoms with Gasteiger partial charge in [0.05, 0.1) is 0 Å². The van der Waals surface area contributed by atoms with Crippen LogP contribution in [0.25, 0.3) is 0 Å². The summed E-state index contributed by atoms with van der Waals surface area (Å²) in [6.45, 7) is 3.24. The first kappa shape index (κ1) is 16.9. The van der Waals surface area contributed by atoms with Gasteiger partial charge in [-0.1, -0.05) is 13.8 Å². The molecule has 0 aromatic heterocycles. The Morgan fingerprint density at radius 3 is 2.28 bits per heavy atom. The van der Waals surface area contributed by atoms with Crippen molar-refractivity contribution in [2.45, 2.75) is 32.7 Å². The molecule has 0 fully saturated rings. The number of carboxylic acid groups (broad SMARTS) is 1. The van der Waals surface area contributed by atoms with Crippen LogP contribution in [0, 0.1) is 10.2 Å². The van der Waals surface area contributed by atoms with Crippen LogP contribution in [0.2, 0.25) is 0 Å². The van der Waals surface area contributed by atoms with Gasteiger partial charge in [-0.3, -0.25) is 14.4 Å². The number of carbonyl (C=O) groups is 2. The predicted octanol–water partition coefficient (Wildman–Crippen LogP) is -0.263. The minimum atomic E-state index is -2.93. The van der Waals surface area contributed by atoms with Crippen molar-refractivity contribution in [1.29, 1.82) is 4.78 Å². The standard InChI is InChI=1S/C10H21N3O4S/c1-10(2,9(12)16)4-6-18(13,17)5-3-7(11)8(14)15/h7,13H,3-6,11H2,1-2H3,(H2,12,16)(H,14,15)/t7-,18?/m0/s1. The number of carboxylic acids is 1. The van der Waals surface area contributed by atoms with Crippen molar-refractivity contribution in [3.05, 3.63) is 0 Å². The van der Waals surface area contributed by atoms with E-state index < -0.39 is 33.1 Å². The van der Waals surface area contributed by atoms with Crippen molar-refractivity contribution in [2.24, 2.45) is 16.9 Å². The van der Waals surface area contributed by atoms with E-state index in [4.69, 9.17) is 21.4 Å². The lowest BCUT2D eigenvalue weighted by molar-refractivity contribution is -0.138. The molecule has 0 saturated carbocycles. The molecule has 106 valence electrons. The Labute approximate surface area is 107 Å². The van der Waals surface area contributed by atoms with Crippen molar-refractivity contribution in [3.63, 3.8) is 0 Å². The summed E-state index contributed by atoms with van der Waals surface area (Å²) in [5, 5.41) is 8.57. The van der Waals surface area contributed by atoms with Crippen molar-refractivity contribution >= 4 is 21.6 Å². The van der Waals surface area contributed by atoms with Crippen molar-refractivity contribution in [3.8, 4) is 0 Å². The highest BCUT2D eigenvalue weighted by molar-refractivity contribution is 7.92. The van der Waals surface area contributed by atoms with Crippen molar-refractivity contribution < 1.29 is 18.9 Å². The molecule has 0 aliphatic carbocycles. The lowest BCUT2D eigenvalue weighted by Gasteiger charge is -2.20. The van der Waals surface area contributed by atoms with Gasteiger partial charge >= 0.3 is 5.97 Å². The number of aliphatic carboxylic acids is 1. The molecule has 0 aliphatic heterocycles. The molecular weight excluding hydrogens is 258 g/mol. The summed E-state index contributed by atoms with van der Waals surface area (Å²) >= 11 is 0. The summed E-state index contributed by atoms with van der Waals surface area (Å²) in [6, 6.07) is -1.11. The fourth-order valence-electron chi connectivity index (χ4n) is 1.09. The van der Waals surface area contributed by atoms with E-state index in [0.717, 1.165) is 0 Å². The van der Waals surface area contributed by atoms with Crippen LogP contribution in [-0.4, -0.2) is 38.7 Å². The van der Waals surface area contributed by atoms with E-state index in [-0.39, 0.29) is 24.3 Å². The number of hydrogen-bond donors (Lipinski definition) is 4. The Kier molecular flexibility index (Phi) is 5.75. The van der Waals surface area contributed by atoms with Crippen molar-refractivity contribution in [1.82, 2.24) is 0 Å². The highest BCUT2D eigenvalue weighted by Gasteiger charge is 2.26. The Balaban J connectivity index is 4.34. The smallest absolute Gasteiger partial charge is 0.320 e. The average Bonchev–Trinajstić information content (AvgIpc) is 2.23. The van der Waals surface area contributed by atoms with Crippen LogP contribution in [-0.2, 0) is 19.3 Å². The molecule has 18 heavy (non-hydrogen) atoms. The van der Waals surface area contributed by atoms with E-state index in [2.05, 4.69) is 0 Å². The summed E-state index contributed by atoms with van der Waals surface area (Å²) in [5.41, 5.74) is 9.62. The quantitative estimate of drug-likeness (QED) is 0.483. The lowest BCUT2D eigenvalue weighted by atomic mass is 9.90. The summed E-state index contributed by atoms with van der Waals surface area (Å²) in [6.07, 6.45) is 0.210. The largest absolute Gasteiger partial charge is 0.480 e. The average molecular weight is 279 g/mol. The van der Waals surface area contributed by atoms with Gasteiger partial charge in [0.15, 0.2) is 0 Å². The van der Waals surface area contributed by atoms with Gasteiger partial charge in [-0.05, 0) is 12.8 Å². The highest BCUT2D eigenvalue weighted by atomic mass is 32.2. The molecule has 0 spiro atoms. The monoisotopic (exact) mass is 279 g/mol. The number of amides is 1. The van der Waals surface area contributed by atoms with Gasteiger partial charge in [0.2, 0.25) is 5.91 Å². The number of nitrogens with one attached hydrogen (secondary N) is 1. The number of primary amides is 1. The fourth-order valence-corrected chi connectivity index (χ4v) is 2.76. The van der Waals surface area contributed by atoms with Gasteiger partial charge in [-0.2, -0.15) is 0 Å². The predicted molar refractivity (Wildman–Crippen MR) is 68.4 cm³/mol. The SMILES string of the molecule is CC(C)(CCS(=N)(=O)CC[C@H](N)C(=O)O)C(N)=O. The van der Waals surface area contributed by atoms with Crippen LogP contribution in [0.15, 0.2) is 0 Å². The summed E-state index contributed by atoms with van der Waals surface area (Å²) < 4.78 is 19.5. The van der Waals surface area contributed by atoms with E-state index in [1.165, 1.54) is 0 Å². The number of hydrogen-bond acceptors (Lipinski definition) is 5. The van der Waals surface area contributed by atoms with Gasteiger partial charge in [-0.15, -0.1) is 0 Å². The zero-order valence-corrected chi connectivity index (χ0v) is 11.5. The molecule has 0 aromatic carbocycles. The molecule has 0 aliphatic rings. The Morgan fingerprint density at radius 1 is 1.39 bits per heavy atom. The fraction of sp³-hybridized carbons (Fsp3) is 0.800. The Morgan fingerprint density at radius 2 is 1.89 bits per heavy atom. The molecule has 0 bridgehead atoms. The summed E-state index contributed by atoms with van der Waals surface area (Å²) in [5.74, 6) is -1.77. The van der Waals surface area contributed by atoms with Crippen LogP contribution in [0.3, 0.4) is 0 Å². The molecule has 0 aromatic rings. The zero-order valence-electron chi connectivity index (χ0n) is 10.6. The molecule has 1 amide bonds. The van der Waals surface area contributed by atoms with Gasteiger partial charge in [0.1, 0.15) is 6.04 Å². The zero-order chi connectivity index (χ0) is 14.6. The van der Waals surface area contributed by atoms with E-state index in [1.807, 2.05) is 0 Å². The number of rotatable bonds is 8. The normalized spacial score (nSPS) is 16.8. The first-order valence-corrected chi connectivity index (χ1v) is 7.40. The summed E-state index contributed by atoms with van der Waals surface area (Å²) in [4.78, 5) is 21.5. The summed E-state index contributed by atoms with van der Waals surface area (Å²) in [7, 11) is -2.93. The van der Waals surface area contributed by atoms with Crippen molar-refractivity contribution in [2.75, 3.05) is 11.5 Å². The Hall–Kier alpha value is -1.15. The first-order valence-electron chi connectivity index (χ1n) is 5.50. The molecule has 8 heteroatoms. The van der Waals surface area contributed by atoms with Gasteiger partial charge in [0, 0.05) is 26.6 Å². The Bertz CT molecular complexity index is 417. The number of nitrogens with two attached hydrogens (primary N) is 2. The van der Waals surface area contributed by atoms with Crippen LogP contribution in [0.1, 0.15) is 26.7 Å². The van der Waals surface area contributed by atoms with E-state index in [1.54, 1.807) is 13.8 Å². The van der Waals surface area contributed by atoms with Crippen LogP contribution < -0.4 is 11.5 Å². The van der Waals surface area contributed by atoms with Gasteiger partial charge < -0.3 is 16.6 Å². The van der Waals surface area contributed by atoms with E-state index >= 15 is 0 Å². The third-order valence-electron chi connectivity index (χ3n) is 2.80.